The lowest BCUT2D eigenvalue weighted by Gasteiger charge is -2.13. The summed E-state index contributed by atoms with van der Waals surface area (Å²) in [4.78, 5) is 7.32. The van der Waals surface area contributed by atoms with E-state index in [-0.39, 0.29) is 36.4 Å². The van der Waals surface area contributed by atoms with Gasteiger partial charge in [0.1, 0.15) is 11.6 Å². The average molecular weight is 363 g/mol. The van der Waals surface area contributed by atoms with Crippen molar-refractivity contribution in [1.29, 1.82) is 0 Å². The zero-order chi connectivity index (χ0) is 17.7. The first-order chi connectivity index (χ1) is 11.3. The minimum Gasteiger partial charge on any atom is -0.506 e. The van der Waals surface area contributed by atoms with Crippen LogP contribution in [-0.4, -0.2) is 33.3 Å². The predicted octanol–water partition coefficient (Wildman–Crippen LogP) is 3.39. The minimum atomic E-state index is -4.66. The Morgan fingerprint density at radius 3 is 2.58 bits per heavy atom. The standard InChI is InChI=1S/C14H14ClF3N4O2/c15-8-2-3-10(24)9(6-8)20-12-7-11(14(16,17)18)21-13(22-12)19-4-1-5-23/h2-3,6-7,23-24H,1,4-5H2,(H2,19,20,21,22). The van der Waals surface area contributed by atoms with E-state index < -0.39 is 11.9 Å². The number of nitrogens with one attached hydrogen (secondary N) is 2. The Hall–Kier alpha value is -2.26. The van der Waals surface area contributed by atoms with E-state index in [4.69, 9.17) is 16.7 Å². The lowest BCUT2D eigenvalue weighted by molar-refractivity contribution is -0.141. The Kier molecular flexibility index (Phi) is 5.68. The monoisotopic (exact) mass is 362 g/mol. The van der Waals surface area contributed by atoms with Crippen LogP contribution in [0.4, 0.5) is 30.6 Å². The summed E-state index contributed by atoms with van der Waals surface area (Å²) in [6.07, 6.45) is -4.33. The van der Waals surface area contributed by atoms with Gasteiger partial charge in [0.25, 0.3) is 0 Å². The van der Waals surface area contributed by atoms with E-state index in [1.54, 1.807) is 0 Å². The maximum Gasteiger partial charge on any atom is 0.433 e. The second-order valence-electron chi connectivity index (χ2n) is 4.75. The largest absolute Gasteiger partial charge is 0.506 e. The van der Waals surface area contributed by atoms with E-state index in [0.29, 0.717) is 11.4 Å². The number of hydrogen-bond acceptors (Lipinski definition) is 6. The zero-order valence-electron chi connectivity index (χ0n) is 12.2. The molecule has 0 unspecified atom stereocenters. The summed E-state index contributed by atoms with van der Waals surface area (Å²) in [7, 11) is 0. The van der Waals surface area contributed by atoms with Crippen molar-refractivity contribution < 1.29 is 23.4 Å². The predicted molar refractivity (Wildman–Crippen MR) is 83.6 cm³/mol. The number of phenols is 1. The normalized spacial score (nSPS) is 11.4. The lowest BCUT2D eigenvalue weighted by Crippen LogP contribution is -2.14. The molecule has 0 fully saturated rings. The molecule has 4 N–H and O–H groups in total. The molecular weight excluding hydrogens is 349 g/mol. The third-order valence-electron chi connectivity index (χ3n) is 2.86. The molecule has 0 saturated heterocycles. The molecule has 0 saturated carbocycles. The Morgan fingerprint density at radius 2 is 1.92 bits per heavy atom. The number of alkyl halides is 3. The fourth-order valence-corrected chi connectivity index (χ4v) is 1.93. The van der Waals surface area contributed by atoms with Crippen LogP contribution in [0, 0.1) is 0 Å². The zero-order valence-corrected chi connectivity index (χ0v) is 13.0. The number of nitrogens with zero attached hydrogens (tertiary/aromatic N) is 2. The molecule has 0 aliphatic rings. The van der Waals surface area contributed by atoms with E-state index >= 15 is 0 Å². The van der Waals surface area contributed by atoms with Crippen molar-refractivity contribution in [3.63, 3.8) is 0 Å². The van der Waals surface area contributed by atoms with Crippen LogP contribution < -0.4 is 10.6 Å². The van der Waals surface area contributed by atoms with Gasteiger partial charge in [-0.25, -0.2) is 4.98 Å². The number of benzene rings is 1. The summed E-state index contributed by atoms with van der Waals surface area (Å²) in [5, 5.41) is 23.9. The molecule has 0 atom stereocenters. The van der Waals surface area contributed by atoms with Gasteiger partial charge in [0.15, 0.2) is 5.69 Å². The van der Waals surface area contributed by atoms with Gasteiger partial charge in [-0.2, -0.15) is 18.2 Å². The number of aliphatic hydroxyl groups is 1. The number of anilines is 3. The highest BCUT2D eigenvalue weighted by atomic mass is 35.5. The Bertz CT molecular complexity index is 713. The van der Waals surface area contributed by atoms with Gasteiger partial charge in [0.2, 0.25) is 5.95 Å². The Morgan fingerprint density at radius 1 is 1.17 bits per heavy atom. The Labute approximate surface area is 140 Å². The van der Waals surface area contributed by atoms with Crippen LogP contribution in [0.3, 0.4) is 0 Å². The van der Waals surface area contributed by atoms with Crippen molar-refractivity contribution >= 4 is 29.1 Å². The number of rotatable bonds is 6. The maximum atomic E-state index is 13.0. The van der Waals surface area contributed by atoms with Crippen molar-refractivity contribution in [2.75, 3.05) is 23.8 Å². The number of aliphatic hydroxyl groups excluding tert-OH is 1. The SMILES string of the molecule is OCCCNc1nc(Nc2cc(Cl)ccc2O)cc(C(F)(F)F)n1. The summed E-state index contributed by atoms with van der Waals surface area (Å²) >= 11 is 5.80. The van der Waals surface area contributed by atoms with Crippen molar-refractivity contribution in [3.8, 4) is 5.75 Å². The van der Waals surface area contributed by atoms with Gasteiger partial charge < -0.3 is 20.8 Å². The summed E-state index contributed by atoms with van der Waals surface area (Å²) in [5.41, 5.74) is -1.04. The molecule has 10 heteroatoms. The van der Waals surface area contributed by atoms with Crippen LogP contribution in [0.25, 0.3) is 0 Å². The van der Waals surface area contributed by atoms with E-state index in [0.717, 1.165) is 6.07 Å². The van der Waals surface area contributed by atoms with Gasteiger partial charge in [-0.05, 0) is 24.6 Å². The summed E-state index contributed by atoms with van der Waals surface area (Å²) in [5.74, 6) is -0.606. The van der Waals surface area contributed by atoms with Gasteiger partial charge in [-0.15, -0.1) is 0 Å². The molecule has 0 radical (unpaired) electrons. The molecule has 0 amide bonds. The molecule has 0 aliphatic heterocycles. The van der Waals surface area contributed by atoms with E-state index in [9.17, 15) is 18.3 Å². The molecule has 24 heavy (non-hydrogen) atoms. The van der Waals surface area contributed by atoms with Crippen LogP contribution in [0.2, 0.25) is 5.02 Å². The highest BCUT2D eigenvalue weighted by molar-refractivity contribution is 6.30. The lowest BCUT2D eigenvalue weighted by atomic mass is 10.3. The first-order valence-corrected chi connectivity index (χ1v) is 7.24. The fraction of sp³-hybridized carbons (Fsp3) is 0.286. The third kappa shape index (κ3) is 4.87. The van der Waals surface area contributed by atoms with Crippen LogP contribution >= 0.6 is 11.6 Å². The van der Waals surface area contributed by atoms with Gasteiger partial charge in [-0.3, -0.25) is 0 Å². The summed E-state index contributed by atoms with van der Waals surface area (Å²) in [6.45, 7) is 0.0904. The number of halogens is 4. The molecule has 1 heterocycles. The van der Waals surface area contributed by atoms with E-state index in [1.165, 1.54) is 18.2 Å². The fourth-order valence-electron chi connectivity index (χ4n) is 1.76. The molecule has 130 valence electrons. The first kappa shape index (κ1) is 18.1. The van der Waals surface area contributed by atoms with Gasteiger partial charge in [-0.1, -0.05) is 11.6 Å². The van der Waals surface area contributed by atoms with Gasteiger partial charge in [0, 0.05) is 24.2 Å². The minimum absolute atomic E-state index is 0.107. The topological polar surface area (TPSA) is 90.3 Å². The molecular formula is C14H14ClF3N4O2. The van der Waals surface area contributed by atoms with Crippen LogP contribution in [0.1, 0.15) is 12.1 Å². The van der Waals surface area contributed by atoms with Crippen LogP contribution in [0.5, 0.6) is 5.75 Å². The quantitative estimate of drug-likeness (QED) is 0.465. The number of aromatic hydroxyl groups is 1. The molecule has 1 aromatic heterocycles. The molecule has 0 bridgehead atoms. The number of phenolic OH excluding ortho intramolecular Hbond substituents is 1. The number of hydrogen-bond donors (Lipinski definition) is 4. The Balaban J connectivity index is 2.33. The third-order valence-corrected chi connectivity index (χ3v) is 3.09. The second-order valence-corrected chi connectivity index (χ2v) is 5.19. The first-order valence-electron chi connectivity index (χ1n) is 6.86. The van der Waals surface area contributed by atoms with E-state index in [1.807, 2.05) is 0 Å². The molecule has 2 rings (SSSR count). The summed E-state index contributed by atoms with van der Waals surface area (Å²) < 4.78 is 38.9. The van der Waals surface area contributed by atoms with Crippen LogP contribution in [-0.2, 0) is 6.18 Å². The van der Waals surface area contributed by atoms with Crippen molar-refractivity contribution in [3.05, 3.63) is 35.0 Å². The van der Waals surface area contributed by atoms with E-state index in [2.05, 4.69) is 20.6 Å². The van der Waals surface area contributed by atoms with Crippen molar-refractivity contribution in [1.82, 2.24) is 9.97 Å². The van der Waals surface area contributed by atoms with Crippen molar-refractivity contribution in [2.24, 2.45) is 0 Å². The highest BCUT2D eigenvalue weighted by Crippen LogP contribution is 2.33. The number of aromatic nitrogens is 2. The molecule has 0 spiro atoms. The van der Waals surface area contributed by atoms with Crippen LogP contribution in [0.15, 0.2) is 24.3 Å². The molecule has 6 nitrogen and oxygen atoms in total. The molecule has 2 aromatic rings. The van der Waals surface area contributed by atoms with Crippen molar-refractivity contribution in [2.45, 2.75) is 12.6 Å². The maximum absolute atomic E-state index is 13.0. The van der Waals surface area contributed by atoms with Gasteiger partial charge >= 0.3 is 6.18 Å². The average Bonchev–Trinajstić information content (AvgIpc) is 2.50. The second kappa shape index (κ2) is 7.54. The summed E-state index contributed by atoms with van der Waals surface area (Å²) in [6, 6.07) is 4.81. The highest BCUT2D eigenvalue weighted by Gasteiger charge is 2.33. The molecule has 1 aromatic carbocycles. The van der Waals surface area contributed by atoms with Gasteiger partial charge in [0.05, 0.1) is 5.69 Å². The smallest absolute Gasteiger partial charge is 0.433 e. The molecule has 0 aliphatic carbocycles.